The molecule has 0 fully saturated rings. The highest BCUT2D eigenvalue weighted by Gasteiger charge is 2.21. The first-order valence-electron chi connectivity index (χ1n) is 6.38. The summed E-state index contributed by atoms with van der Waals surface area (Å²) in [7, 11) is 0. The number of hydrogen-bond acceptors (Lipinski definition) is 4. The molecule has 7 heteroatoms. The van der Waals surface area contributed by atoms with Gasteiger partial charge in [0.25, 0.3) is 0 Å². The molecule has 0 aliphatic rings. The third-order valence-corrected chi connectivity index (χ3v) is 3.47. The van der Waals surface area contributed by atoms with Crippen LogP contribution in [-0.2, 0) is 4.74 Å². The molecule has 1 heterocycles. The SMILES string of the molecule is CCNc1c(C(=O)OCC)cnc2cc(Cl)c(F)c(Cl)c12. The molecule has 0 spiro atoms. The number of nitrogens with one attached hydrogen (secondary N) is 1. The van der Waals surface area contributed by atoms with E-state index in [1.54, 1.807) is 6.92 Å². The molecule has 0 saturated carbocycles. The molecular formula is C14H13Cl2FN2O2. The van der Waals surface area contributed by atoms with Gasteiger partial charge in [-0.25, -0.2) is 9.18 Å². The minimum atomic E-state index is -0.743. The summed E-state index contributed by atoms with van der Waals surface area (Å²) in [4.78, 5) is 16.1. The van der Waals surface area contributed by atoms with Gasteiger partial charge in [-0.05, 0) is 19.9 Å². The lowest BCUT2D eigenvalue weighted by Gasteiger charge is -2.14. The molecule has 112 valence electrons. The van der Waals surface area contributed by atoms with Gasteiger partial charge in [0.05, 0.1) is 27.9 Å². The van der Waals surface area contributed by atoms with Gasteiger partial charge in [0.1, 0.15) is 5.56 Å². The first-order chi connectivity index (χ1) is 10.0. The maximum atomic E-state index is 13.9. The quantitative estimate of drug-likeness (QED) is 0.671. The topological polar surface area (TPSA) is 51.2 Å². The van der Waals surface area contributed by atoms with Crippen LogP contribution in [0, 0.1) is 5.82 Å². The van der Waals surface area contributed by atoms with Crippen LogP contribution in [0.4, 0.5) is 10.1 Å². The Balaban J connectivity index is 2.78. The molecule has 0 aliphatic carbocycles. The first-order valence-corrected chi connectivity index (χ1v) is 7.14. The van der Waals surface area contributed by atoms with E-state index in [1.165, 1.54) is 12.3 Å². The van der Waals surface area contributed by atoms with E-state index in [4.69, 9.17) is 27.9 Å². The van der Waals surface area contributed by atoms with E-state index in [0.717, 1.165) is 0 Å². The average Bonchev–Trinajstić information content (AvgIpc) is 2.45. The fraction of sp³-hybridized carbons (Fsp3) is 0.286. The molecule has 4 nitrogen and oxygen atoms in total. The van der Waals surface area contributed by atoms with Crippen LogP contribution in [0.25, 0.3) is 10.9 Å². The third kappa shape index (κ3) is 2.89. The first kappa shape index (κ1) is 15.8. The largest absolute Gasteiger partial charge is 0.462 e. The summed E-state index contributed by atoms with van der Waals surface area (Å²) >= 11 is 11.8. The van der Waals surface area contributed by atoms with E-state index >= 15 is 0 Å². The van der Waals surface area contributed by atoms with E-state index in [9.17, 15) is 9.18 Å². The van der Waals surface area contributed by atoms with Crippen molar-refractivity contribution in [3.8, 4) is 0 Å². The minimum Gasteiger partial charge on any atom is -0.462 e. The monoisotopic (exact) mass is 330 g/mol. The number of halogens is 3. The summed E-state index contributed by atoms with van der Waals surface area (Å²) in [6.07, 6.45) is 1.36. The number of carbonyl (C=O) groups is 1. The number of benzene rings is 1. The van der Waals surface area contributed by atoms with Gasteiger partial charge in [-0.2, -0.15) is 0 Å². The van der Waals surface area contributed by atoms with Gasteiger partial charge < -0.3 is 10.1 Å². The molecular weight excluding hydrogens is 318 g/mol. The normalized spacial score (nSPS) is 10.7. The zero-order valence-electron chi connectivity index (χ0n) is 11.5. The van der Waals surface area contributed by atoms with E-state index in [1.807, 2.05) is 6.92 Å². The number of fused-ring (bicyclic) bond motifs is 1. The van der Waals surface area contributed by atoms with Gasteiger partial charge >= 0.3 is 5.97 Å². The molecule has 21 heavy (non-hydrogen) atoms. The maximum absolute atomic E-state index is 13.9. The van der Waals surface area contributed by atoms with Gasteiger partial charge in [0.15, 0.2) is 5.82 Å². The molecule has 0 bridgehead atoms. The summed E-state index contributed by atoms with van der Waals surface area (Å²) < 4.78 is 18.9. The van der Waals surface area contributed by atoms with Crippen molar-refractivity contribution < 1.29 is 13.9 Å². The van der Waals surface area contributed by atoms with Gasteiger partial charge in [-0.1, -0.05) is 23.2 Å². The predicted molar refractivity (Wildman–Crippen MR) is 81.8 cm³/mol. The van der Waals surface area contributed by atoms with Crippen LogP contribution >= 0.6 is 23.2 Å². The van der Waals surface area contributed by atoms with Crippen LogP contribution < -0.4 is 5.32 Å². The zero-order valence-corrected chi connectivity index (χ0v) is 13.0. The maximum Gasteiger partial charge on any atom is 0.341 e. The predicted octanol–water partition coefficient (Wildman–Crippen LogP) is 4.29. The molecule has 0 atom stereocenters. The molecule has 2 rings (SSSR count). The Labute approximate surface area is 131 Å². The van der Waals surface area contributed by atoms with Gasteiger partial charge in [-0.3, -0.25) is 4.98 Å². The number of esters is 1. The number of aromatic nitrogens is 1. The summed E-state index contributed by atoms with van der Waals surface area (Å²) in [5.74, 6) is -1.29. The minimum absolute atomic E-state index is 0.119. The van der Waals surface area contributed by atoms with Crippen LogP contribution in [-0.4, -0.2) is 24.1 Å². The van der Waals surface area contributed by atoms with Crippen molar-refractivity contribution in [3.05, 3.63) is 33.7 Å². The lowest BCUT2D eigenvalue weighted by Crippen LogP contribution is -2.11. The summed E-state index contributed by atoms with van der Waals surface area (Å²) in [6, 6.07) is 1.37. The number of nitrogens with zero attached hydrogens (tertiary/aromatic N) is 1. The van der Waals surface area contributed by atoms with E-state index in [0.29, 0.717) is 23.1 Å². The number of rotatable bonds is 4. The molecule has 0 saturated heterocycles. The molecule has 0 aliphatic heterocycles. The molecule has 0 unspecified atom stereocenters. The summed E-state index contributed by atoms with van der Waals surface area (Å²) in [5.41, 5.74) is 0.992. The summed E-state index contributed by atoms with van der Waals surface area (Å²) in [5, 5.41) is 3.03. The second kappa shape index (κ2) is 6.45. The van der Waals surface area contributed by atoms with Crippen molar-refractivity contribution in [1.82, 2.24) is 4.98 Å². The highest BCUT2D eigenvalue weighted by molar-refractivity contribution is 6.40. The highest BCUT2D eigenvalue weighted by atomic mass is 35.5. The van der Waals surface area contributed by atoms with Crippen LogP contribution in [0.5, 0.6) is 0 Å². The van der Waals surface area contributed by atoms with Crippen molar-refractivity contribution in [2.75, 3.05) is 18.5 Å². The Morgan fingerprint density at radius 2 is 2.14 bits per heavy atom. The number of carbonyl (C=O) groups excluding carboxylic acids is 1. The molecule has 1 aromatic carbocycles. The van der Waals surface area contributed by atoms with Gasteiger partial charge in [0, 0.05) is 18.1 Å². The van der Waals surface area contributed by atoms with Crippen molar-refractivity contribution in [2.45, 2.75) is 13.8 Å². The molecule has 0 amide bonds. The number of hydrogen-bond donors (Lipinski definition) is 1. The Morgan fingerprint density at radius 3 is 2.76 bits per heavy atom. The fourth-order valence-electron chi connectivity index (χ4n) is 1.98. The number of ether oxygens (including phenoxy) is 1. The zero-order chi connectivity index (χ0) is 15.6. The Kier molecular flexibility index (Phi) is 4.85. The van der Waals surface area contributed by atoms with Gasteiger partial charge in [0.2, 0.25) is 0 Å². The van der Waals surface area contributed by atoms with E-state index in [2.05, 4.69) is 10.3 Å². The molecule has 0 radical (unpaired) electrons. The number of anilines is 1. The second-order valence-corrected chi connectivity index (χ2v) is 4.96. The van der Waals surface area contributed by atoms with Crippen molar-refractivity contribution in [1.29, 1.82) is 0 Å². The van der Waals surface area contributed by atoms with Gasteiger partial charge in [-0.15, -0.1) is 0 Å². The van der Waals surface area contributed by atoms with Crippen LogP contribution in [0.1, 0.15) is 24.2 Å². The fourth-order valence-corrected chi connectivity index (χ4v) is 2.52. The van der Waals surface area contributed by atoms with Crippen molar-refractivity contribution >= 4 is 45.8 Å². The summed E-state index contributed by atoms with van der Waals surface area (Å²) in [6.45, 7) is 4.30. The number of pyridine rings is 1. The molecule has 2 aromatic rings. The van der Waals surface area contributed by atoms with Crippen LogP contribution in [0.2, 0.25) is 10.0 Å². The lowest BCUT2D eigenvalue weighted by atomic mass is 10.1. The molecule has 1 aromatic heterocycles. The van der Waals surface area contributed by atoms with Crippen molar-refractivity contribution in [2.24, 2.45) is 0 Å². The molecule has 1 N–H and O–H groups in total. The van der Waals surface area contributed by atoms with E-state index in [-0.39, 0.29) is 22.2 Å². The Hall–Kier alpha value is -1.59. The highest BCUT2D eigenvalue weighted by Crippen LogP contribution is 2.37. The lowest BCUT2D eigenvalue weighted by molar-refractivity contribution is 0.0527. The Bertz CT molecular complexity index is 707. The smallest absolute Gasteiger partial charge is 0.341 e. The standard InChI is InChI=1S/C14H13Cl2FN2O2/c1-3-18-13-7(14(20)21-4-2)6-19-9-5-8(15)12(17)11(16)10(9)13/h5-6H,3-4H2,1-2H3,(H,18,19). The third-order valence-electron chi connectivity index (χ3n) is 2.84. The average molecular weight is 331 g/mol. The van der Waals surface area contributed by atoms with E-state index < -0.39 is 11.8 Å². The Morgan fingerprint density at radius 1 is 1.43 bits per heavy atom. The van der Waals surface area contributed by atoms with Crippen LogP contribution in [0.15, 0.2) is 12.3 Å². The van der Waals surface area contributed by atoms with Crippen molar-refractivity contribution in [3.63, 3.8) is 0 Å². The van der Waals surface area contributed by atoms with Crippen LogP contribution in [0.3, 0.4) is 0 Å². The second-order valence-electron chi connectivity index (χ2n) is 4.18.